The quantitative estimate of drug-likeness (QED) is 0.805. The molecular formula is C10H14ClNO2. The molecule has 1 unspecified atom stereocenters. The first-order valence-corrected chi connectivity index (χ1v) is 4.87. The molecule has 4 heteroatoms. The Kier molecular flexibility index (Phi) is 4.20. The van der Waals surface area contributed by atoms with Crippen LogP contribution in [0.1, 0.15) is 18.6 Å². The molecule has 14 heavy (non-hydrogen) atoms. The molecule has 0 amide bonds. The van der Waals surface area contributed by atoms with Gasteiger partial charge in [-0.05, 0) is 24.6 Å². The van der Waals surface area contributed by atoms with Crippen LogP contribution >= 0.6 is 11.6 Å². The van der Waals surface area contributed by atoms with Crippen LogP contribution in [0.5, 0.6) is 5.75 Å². The predicted molar refractivity (Wildman–Crippen MR) is 56.6 cm³/mol. The van der Waals surface area contributed by atoms with Gasteiger partial charge in [0.15, 0.2) is 0 Å². The van der Waals surface area contributed by atoms with Crippen molar-refractivity contribution in [3.05, 3.63) is 28.8 Å². The first kappa shape index (κ1) is 11.3. The van der Waals surface area contributed by atoms with Gasteiger partial charge >= 0.3 is 0 Å². The summed E-state index contributed by atoms with van der Waals surface area (Å²) in [4.78, 5) is 0. The van der Waals surface area contributed by atoms with Crippen LogP contribution in [0.15, 0.2) is 18.2 Å². The summed E-state index contributed by atoms with van der Waals surface area (Å²) < 4.78 is 5.29. The van der Waals surface area contributed by atoms with Gasteiger partial charge in [0.2, 0.25) is 0 Å². The SMILES string of the molecule is CCOc1cc(C(O)CN)ccc1Cl. The molecule has 0 saturated carbocycles. The van der Waals surface area contributed by atoms with Crippen molar-refractivity contribution in [2.45, 2.75) is 13.0 Å². The summed E-state index contributed by atoms with van der Waals surface area (Å²) in [6, 6.07) is 5.15. The molecule has 0 bridgehead atoms. The molecule has 0 spiro atoms. The normalized spacial score (nSPS) is 12.6. The second-order valence-electron chi connectivity index (χ2n) is 2.87. The fraction of sp³-hybridized carbons (Fsp3) is 0.400. The van der Waals surface area contributed by atoms with Gasteiger partial charge in [0.25, 0.3) is 0 Å². The lowest BCUT2D eigenvalue weighted by Crippen LogP contribution is -2.11. The maximum atomic E-state index is 9.49. The fourth-order valence-electron chi connectivity index (χ4n) is 1.13. The summed E-state index contributed by atoms with van der Waals surface area (Å²) in [7, 11) is 0. The van der Waals surface area contributed by atoms with Crippen molar-refractivity contribution in [1.29, 1.82) is 0 Å². The highest BCUT2D eigenvalue weighted by Crippen LogP contribution is 2.27. The van der Waals surface area contributed by atoms with E-state index in [2.05, 4.69) is 0 Å². The minimum absolute atomic E-state index is 0.188. The molecule has 0 heterocycles. The Morgan fingerprint density at radius 1 is 1.57 bits per heavy atom. The van der Waals surface area contributed by atoms with Gasteiger partial charge in [0, 0.05) is 6.54 Å². The van der Waals surface area contributed by atoms with Crippen molar-refractivity contribution in [1.82, 2.24) is 0 Å². The van der Waals surface area contributed by atoms with E-state index in [-0.39, 0.29) is 6.54 Å². The Morgan fingerprint density at radius 3 is 2.86 bits per heavy atom. The maximum Gasteiger partial charge on any atom is 0.138 e. The van der Waals surface area contributed by atoms with Gasteiger partial charge in [-0.15, -0.1) is 0 Å². The topological polar surface area (TPSA) is 55.5 Å². The summed E-state index contributed by atoms with van der Waals surface area (Å²) in [5.74, 6) is 0.583. The van der Waals surface area contributed by atoms with Crippen molar-refractivity contribution in [3.8, 4) is 5.75 Å². The van der Waals surface area contributed by atoms with E-state index < -0.39 is 6.10 Å². The van der Waals surface area contributed by atoms with E-state index in [4.69, 9.17) is 22.1 Å². The van der Waals surface area contributed by atoms with E-state index in [9.17, 15) is 5.11 Å². The summed E-state index contributed by atoms with van der Waals surface area (Å²) >= 11 is 5.88. The number of hydrogen-bond acceptors (Lipinski definition) is 3. The maximum absolute atomic E-state index is 9.49. The Labute approximate surface area is 88.4 Å². The van der Waals surface area contributed by atoms with E-state index in [0.29, 0.717) is 17.4 Å². The van der Waals surface area contributed by atoms with Crippen molar-refractivity contribution in [2.24, 2.45) is 5.73 Å². The largest absolute Gasteiger partial charge is 0.492 e. The number of benzene rings is 1. The zero-order valence-corrected chi connectivity index (χ0v) is 8.79. The molecule has 0 aliphatic rings. The Hall–Kier alpha value is -0.770. The Bertz CT molecular complexity index is 304. The second-order valence-corrected chi connectivity index (χ2v) is 3.28. The summed E-state index contributed by atoms with van der Waals surface area (Å²) in [5.41, 5.74) is 6.06. The number of aliphatic hydroxyl groups excluding tert-OH is 1. The Balaban J connectivity index is 2.93. The molecule has 0 saturated heterocycles. The van der Waals surface area contributed by atoms with Gasteiger partial charge < -0.3 is 15.6 Å². The molecule has 3 nitrogen and oxygen atoms in total. The van der Waals surface area contributed by atoms with Crippen LogP contribution in [0, 0.1) is 0 Å². The third kappa shape index (κ3) is 2.61. The molecule has 1 aromatic rings. The summed E-state index contributed by atoms with van der Waals surface area (Å²) in [5, 5.41) is 10.0. The molecule has 0 fully saturated rings. The number of nitrogens with two attached hydrogens (primary N) is 1. The van der Waals surface area contributed by atoms with Crippen molar-refractivity contribution >= 4 is 11.6 Å². The smallest absolute Gasteiger partial charge is 0.138 e. The van der Waals surface area contributed by atoms with E-state index in [1.54, 1.807) is 18.2 Å². The van der Waals surface area contributed by atoms with Crippen LogP contribution in [-0.2, 0) is 0 Å². The molecular weight excluding hydrogens is 202 g/mol. The average Bonchev–Trinajstić information content (AvgIpc) is 2.20. The van der Waals surface area contributed by atoms with Crippen LogP contribution < -0.4 is 10.5 Å². The van der Waals surface area contributed by atoms with Gasteiger partial charge in [0.05, 0.1) is 17.7 Å². The molecule has 78 valence electrons. The van der Waals surface area contributed by atoms with Crippen LogP contribution in [0.25, 0.3) is 0 Å². The first-order valence-electron chi connectivity index (χ1n) is 4.49. The lowest BCUT2D eigenvalue weighted by Gasteiger charge is -2.11. The minimum atomic E-state index is -0.661. The van der Waals surface area contributed by atoms with Gasteiger partial charge in [0.1, 0.15) is 5.75 Å². The summed E-state index contributed by atoms with van der Waals surface area (Å²) in [6.07, 6.45) is -0.661. The molecule has 0 radical (unpaired) electrons. The molecule has 1 aromatic carbocycles. The van der Waals surface area contributed by atoms with Crippen molar-refractivity contribution in [2.75, 3.05) is 13.2 Å². The van der Waals surface area contributed by atoms with Crippen LogP contribution in [-0.4, -0.2) is 18.3 Å². The number of rotatable bonds is 4. The standard InChI is InChI=1S/C10H14ClNO2/c1-2-14-10-5-7(9(13)6-12)3-4-8(10)11/h3-5,9,13H,2,6,12H2,1H3. The van der Waals surface area contributed by atoms with Crippen molar-refractivity contribution < 1.29 is 9.84 Å². The molecule has 0 aromatic heterocycles. The third-order valence-electron chi connectivity index (χ3n) is 1.86. The van der Waals surface area contributed by atoms with Crippen LogP contribution in [0.2, 0.25) is 5.02 Å². The predicted octanol–water partition coefficient (Wildman–Crippen LogP) is 1.73. The molecule has 1 rings (SSSR count). The highest BCUT2D eigenvalue weighted by atomic mass is 35.5. The molecule has 0 aliphatic carbocycles. The number of aliphatic hydroxyl groups is 1. The van der Waals surface area contributed by atoms with Gasteiger partial charge in [-0.25, -0.2) is 0 Å². The van der Waals surface area contributed by atoms with Gasteiger partial charge in [-0.3, -0.25) is 0 Å². The summed E-state index contributed by atoms with van der Waals surface area (Å²) in [6.45, 7) is 2.61. The van der Waals surface area contributed by atoms with Crippen molar-refractivity contribution in [3.63, 3.8) is 0 Å². The van der Waals surface area contributed by atoms with E-state index in [1.165, 1.54) is 0 Å². The van der Waals surface area contributed by atoms with E-state index in [1.807, 2.05) is 6.92 Å². The van der Waals surface area contributed by atoms with Gasteiger partial charge in [-0.1, -0.05) is 17.7 Å². The number of halogens is 1. The Morgan fingerprint density at radius 2 is 2.29 bits per heavy atom. The molecule has 0 aliphatic heterocycles. The zero-order valence-electron chi connectivity index (χ0n) is 8.03. The second kappa shape index (κ2) is 5.20. The molecule has 3 N–H and O–H groups in total. The fourth-order valence-corrected chi connectivity index (χ4v) is 1.30. The van der Waals surface area contributed by atoms with Gasteiger partial charge in [-0.2, -0.15) is 0 Å². The highest BCUT2D eigenvalue weighted by molar-refractivity contribution is 6.32. The number of ether oxygens (including phenoxy) is 1. The zero-order chi connectivity index (χ0) is 10.6. The van der Waals surface area contributed by atoms with Crippen LogP contribution in [0.4, 0.5) is 0 Å². The minimum Gasteiger partial charge on any atom is -0.492 e. The number of hydrogen-bond donors (Lipinski definition) is 2. The third-order valence-corrected chi connectivity index (χ3v) is 2.18. The average molecular weight is 216 g/mol. The van der Waals surface area contributed by atoms with E-state index >= 15 is 0 Å². The lowest BCUT2D eigenvalue weighted by molar-refractivity contribution is 0.186. The van der Waals surface area contributed by atoms with Crippen LogP contribution in [0.3, 0.4) is 0 Å². The first-order chi connectivity index (χ1) is 6.69. The molecule has 1 atom stereocenters. The lowest BCUT2D eigenvalue weighted by atomic mass is 10.1. The monoisotopic (exact) mass is 215 g/mol. The highest BCUT2D eigenvalue weighted by Gasteiger charge is 2.08. The van der Waals surface area contributed by atoms with E-state index in [0.717, 1.165) is 5.56 Å².